The molecule has 0 aliphatic heterocycles. The molecular formula is C20H25NO. The molecule has 0 radical (unpaired) electrons. The molecule has 0 saturated carbocycles. The molecule has 0 saturated heterocycles. The Kier molecular flexibility index (Phi) is 6.97. The number of aliphatic hydroxyl groups excluding tert-OH is 1. The molecular weight excluding hydrogens is 270 g/mol. The topological polar surface area (TPSA) is 23.5 Å². The molecule has 0 atom stereocenters. The molecule has 0 amide bonds. The van der Waals surface area contributed by atoms with Crippen molar-refractivity contribution in [3.63, 3.8) is 0 Å². The summed E-state index contributed by atoms with van der Waals surface area (Å²) in [6, 6.07) is 8.35. The van der Waals surface area contributed by atoms with E-state index in [4.69, 9.17) is 0 Å². The van der Waals surface area contributed by atoms with Crippen molar-refractivity contribution in [2.75, 3.05) is 19.0 Å². The molecule has 0 aromatic heterocycles. The molecule has 0 aliphatic carbocycles. The van der Waals surface area contributed by atoms with Gasteiger partial charge in [0.1, 0.15) is 0 Å². The van der Waals surface area contributed by atoms with Crippen LogP contribution in [-0.4, -0.2) is 19.2 Å². The van der Waals surface area contributed by atoms with Crippen molar-refractivity contribution in [3.8, 4) is 0 Å². The predicted octanol–water partition coefficient (Wildman–Crippen LogP) is 5.29. The SMILES string of the molecule is C=C(C)/C=C(\C=C(\C)O)/C=C/C=C/c1ccc(N(C)C)cc1. The average molecular weight is 295 g/mol. The van der Waals surface area contributed by atoms with E-state index in [9.17, 15) is 5.11 Å². The Hall–Kier alpha value is -2.48. The van der Waals surface area contributed by atoms with Gasteiger partial charge in [-0.05, 0) is 43.2 Å². The number of rotatable bonds is 6. The zero-order valence-corrected chi connectivity index (χ0v) is 13.9. The molecule has 1 aromatic rings. The van der Waals surface area contributed by atoms with Crippen LogP contribution in [0.4, 0.5) is 5.69 Å². The zero-order chi connectivity index (χ0) is 16.5. The first kappa shape index (κ1) is 17.6. The van der Waals surface area contributed by atoms with Gasteiger partial charge in [-0.15, -0.1) is 0 Å². The maximum atomic E-state index is 9.38. The molecule has 2 nitrogen and oxygen atoms in total. The molecule has 0 unspecified atom stereocenters. The van der Waals surface area contributed by atoms with Crippen LogP contribution < -0.4 is 4.90 Å². The molecule has 1 N–H and O–H groups in total. The van der Waals surface area contributed by atoms with E-state index in [0.29, 0.717) is 0 Å². The predicted molar refractivity (Wildman–Crippen MR) is 98.2 cm³/mol. The first-order valence-electron chi connectivity index (χ1n) is 7.25. The standard InChI is InChI=1S/C20H25NO/c1-16(2)14-19(15-17(3)22)9-7-6-8-18-10-12-20(13-11-18)21(4)5/h6-15,22H,1H2,2-5H3/b8-6+,9-7+,17-15-,19-14-. The fourth-order valence-electron chi connectivity index (χ4n) is 1.88. The molecule has 1 aromatic carbocycles. The summed E-state index contributed by atoms with van der Waals surface area (Å²) in [5.41, 5.74) is 4.19. The summed E-state index contributed by atoms with van der Waals surface area (Å²) >= 11 is 0. The number of nitrogens with zero attached hydrogens (tertiary/aromatic N) is 1. The minimum atomic E-state index is 0.278. The van der Waals surface area contributed by atoms with Crippen LogP contribution in [-0.2, 0) is 0 Å². The number of hydrogen-bond donors (Lipinski definition) is 1. The Morgan fingerprint density at radius 2 is 1.68 bits per heavy atom. The summed E-state index contributed by atoms with van der Waals surface area (Å²) in [6.07, 6.45) is 11.6. The third-order valence-electron chi connectivity index (χ3n) is 2.89. The van der Waals surface area contributed by atoms with Crippen molar-refractivity contribution in [1.29, 1.82) is 0 Å². The lowest BCUT2D eigenvalue weighted by atomic mass is 10.1. The van der Waals surface area contributed by atoms with Gasteiger partial charge in [-0.1, -0.05) is 54.7 Å². The van der Waals surface area contributed by atoms with Crippen molar-refractivity contribution in [3.05, 3.63) is 83.7 Å². The lowest BCUT2D eigenvalue weighted by Gasteiger charge is -2.11. The molecule has 0 spiro atoms. The van der Waals surface area contributed by atoms with E-state index < -0.39 is 0 Å². The fourth-order valence-corrected chi connectivity index (χ4v) is 1.88. The van der Waals surface area contributed by atoms with Gasteiger partial charge in [0.2, 0.25) is 0 Å². The quantitative estimate of drug-likeness (QED) is 0.569. The second-order valence-corrected chi connectivity index (χ2v) is 5.48. The number of aliphatic hydroxyl groups is 1. The second-order valence-electron chi connectivity index (χ2n) is 5.48. The van der Waals surface area contributed by atoms with Gasteiger partial charge < -0.3 is 10.0 Å². The Morgan fingerprint density at radius 3 is 2.18 bits per heavy atom. The number of hydrogen-bond acceptors (Lipinski definition) is 2. The summed E-state index contributed by atoms with van der Waals surface area (Å²) in [7, 11) is 4.05. The van der Waals surface area contributed by atoms with E-state index in [1.807, 2.05) is 51.4 Å². The number of anilines is 1. The molecule has 0 fully saturated rings. The van der Waals surface area contributed by atoms with Gasteiger partial charge in [0, 0.05) is 19.8 Å². The van der Waals surface area contributed by atoms with E-state index >= 15 is 0 Å². The van der Waals surface area contributed by atoms with Gasteiger partial charge in [0.15, 0.2) is 0 Å². The van der Waals surface area contributed by atoms with Gasteiger partial charge in [-0.3, -0.25) is 0 Å². The van der Waals surface area contributed by atoms with Crippen LogP contribution in [0.2, 0.25) is 0 Å². The van der Waals surface area contributed by atoms with Crippen LogP contribution in [0.15, 0.2) is 78.1 Å². The van der Waals surface area contributed by atoms with Gasteiger partial charge in [0.05, 0.1) is 5.76 Å². The minimum Gasteiger partial charge on any atom is -0.513 e. The average Bonchev–Trinajstić information content (AvgIpc) is 2.42. The smallest absolute Gasteiger partial charge is 0.0897 e. The normalized spacial score (nSPS) is 13.1. The van der Waals surface area contributed by atoms with E-state index in [1.165, 1.54) is 5.69 Å². The van der Waals surface area contributed by atoms with Crippen LogP contribution in [0.3, 0.4) is 0 Å². The van der Waals surface area contributed by atoms with Crippen LogP contribution in [0.25, 0.3) is 6.08 Å². The van der Waals surface area contributed by atoms with Crippen molar-refractivity contribution >= 4 is 11.8 Å². The largest absolute Gasteiger partial charge is 0.513 e. The minimum absolute atomic E-state index is 0.278. The Balaban J connectivity index is 2.77. The second kappa shape index (κ2) is 8.73. The first-order chi connectivity index (χ1) is 10.4. The summed E-state index contributed by atoms with van der Waals surface area (Å²) in [4.78, 5) is 2.08. The van der Waals surface area contributed by atoms with Gasteiger partial charge in [0.25, 0.3) is 0 Å². The number of benzene rings is 1. The molecule has 1 rings (SSSR count). The summed E-state index contributed by atoms with van der Waals surface area (Å²) in [6.45, 7) is 7.44. The zero-order valence-electron chi connectivity index (χ0n) is 13.9. The van der Waals surface area contributed by atoms with Gasteiger partial charge in [-0.25, -0.2) is 0 Å². The third-order valence-corrected chi connectivity index (χ3v) is 2.89. The van der Waals surface area contributed by atoms with Crippen LogP contribution in [0.5, 0.6) is 0 Å². The molecule has 116 valence electrons. The summed E-state index contributed by atoms with van der Waals surface area (Å²) in [5.74, 6) is 0.278. The van der Waals surface area contributed by atoms with E-state index in [1.54, 1.807) is 13.0 Å². The number of allylic oxidation sites excluding steroid dienone is 8. The lowest BCUT2D eigenvalue weighted by Crippen LogP contribution is -2.07. The van der Waals surface area contributed by atoms with Crippen molar-refractivity contribution < 1.29 is 5.11 Å². The van der Waals surface area contributed by atoms with Gasteiger partial charge in [-0.2, -0.15) is 0 Å². The first-order valence-corrected chi connectivity index (χ1v) is 7.25. The Bertz CT molecular complexity index is 610. The highest BCUT2D eigenvalue weighted by molar-refractivity contribution is 5.56. The maximum absolute atomic E-state index is 9.38. The highest BCUT2D eigenvalue weighted by Crippen LogP contribution is 2.13. The monoisotopic (exact) mass is 295 g/mol. The van der Waals surface area contributed by atoms with E-state index in [0.717, 1.165) is 16.7 Å². The highest BCUT2D eigenvalue weighted by Gasteiger charge is 1.93. The van der Waals surface area contributed by atoms with Crippen LogP contribution in [0, 0.1) is 0 Å². The van der Waals surface area contributed by atoms with Crippen molar-refractivity contribution in [2.45, 2.75) is 13.8 Å². The maximum Gasteiger partial charge on any atom is 0.0897 e. The van der Waals surface area contributed by atoms with E-state index in [2.05, 4.69) is 35.7 Å². The van der Waals surface area contributed by atoms with Crippen LogP contribution >= 0.6 is 0 Å². The summed E-state index contributed by atoms with van der Waals surface area (Å²) in [5, 5.41) is 9.38. The molecule has 0 heterocycles. The molecule has 22 heavy (non-hydrogen) atoms. The molecule has 2 heteroatoms. The van der Waals surface area contributed by atoms with Crippen molar-refractivity contribution in [2.24, 2.45) is 0 Å². The molecule has 0 bridgehead atoms. The summed E-state index contributed by atoms with van der Waals surface area (Å²) < 4.78 is 0. The van der Waals surface area contributed by atoms with Crippen molar-refractivity contribution in [1.82, 2.24) is 0 Å². The Labute approximate surface area is 134 Å². The highest BCUT2D eigenvalue weighted by atomic mass is 16.3. The third kappa shape index (κ3) is 6.80. The molecule has 0 aliphatic rings. The fraction of sp³-hybridized carbons (Fsp3) is 0.200. The lowest BCUT2D eigenvalue weighted by molar-refractivity contribution is 0.414. The van der Waals surface area contributed by atoms with Crippen LogP contribution in [0.1, 0.15) is 19.4 Å². The van der Waals surface area contributed by atoms with E-state index in [-0.39, 0.29) is 5.76 Å². The Morgan fingerprint density at radius 1 is 1.05 bits per heavy atom. The van der Waals surface area contributed by atoms with Gasteiger partial charge >= 0.3 is 0 Å².